The molecule has 14 heavy (non-hydrogen) atoms. The van der Waals surface area contributed by atoms with Crippen molar-refractivity contribution in [3.63, 3.8) is 0 Å². The van der Waals surface area contributed by atoms with Crippen LogP contribution in [-0.4, -0.2) is 31.1 Å². The number of hydrogen-bond acceptors (Lipinski definition) is 3. The third-order valence-electron chi connectivity index (χ3n) is 2.59. The van der Waals surface area contributed by atoms with Crippen molar-refractivity contribution in [2.45, 2.75) is 39.2 Å². The van der Waals surface area contributed by atoms with Crippen LogP contribution in [0.5, 0.6) is 0 Å². The van der Waals surface area contributed by atoms with Crippen molar-refractivity contribution >= 4 is 0 Å². The highest BCUT2D eigenvalue weighted by Gasteiger charge is 2.18. The summed E-state index contributed by atoms with van der Waals surface area (Å²) in [5.74, 6) is 0.677. The van der Waals surface area contributed by atoms with Gasteiger partial charge in [-0.2, -0.15) is 5.26 Å². The SMILES string of the molecule is CC.CN1CCC(CC(N)C#N)CC1.[HH]. The van der Waals surface area contributed by atoms with E-state index in [9.17, 15) is 0 Å². The topological polar surface area (TPSA) is 53.0 Å². The molecule has 0 aliphatic carbocycles. The van der Waals surface area contributed by atoms with E-state index in [4.69, 9.17) is 11.0 Å². The zero-order valence-corrected chi connectivity index (χ0v) is 9.66. The summed E-state index contributed by atoms with van der Waals surface area (Å²) < 4.78 is 0. The maximum absolute atomic E-state index is 8.53. The minimum absolute atomic E-state index is 0. The van der Waals surface area contributed by atoms with E-state index in [-0.39, 0.29) is 7.47 Å². The maximum atomic E-state index is 8.53. The minimum atomic E-state index is -0.251. The summed E-state index contributed by atoms with van der Waals surface area (Å²) in [6.07, 6.45) is 3.28. The van der Waals surface area contributed by atoms with Crippen LogP contribution in [0.1, 0.15) is 34.5 Å². The van der Waals surface area contributed by atoms with Crippen LogP contribution in [0.2, 0.25) is 0 Å². The van der Waals surface area contributed by atoms with Gasteiger partial charge in [-0.15, -0.1) is 0 Å². The van der Waals surface area contributed by atoms with E-state index in [1.54, 1.807) is 0 Å². The lowest BCUT2D eigenvalue weighted by Crippen LogP contribution is -2.33. The summed E-state index contributed by atoms with van der Waals surface area (Å²) in [4.78, 5) is 2.33. The monoisotopic (exact) mass is 199 g/mol. The van der Waals surface area contributed by atoms with Crippen LogP contribution in [-0.2, 0) is 0 Å². The summed E-state index contributed by atoms with van der Waals surface area (Å²) in [6.45, 7) is 6.31. The van der Waals surface area contributed by atoms with Gasteiger partial charge in [0.15, 0.2) is 0 Å². The highest BCUT2D eigenvalue weighted by atomic mass is 15.1. The molecule has 0 spiro atoms. The van der Waals surface area contributed by atoms with Crippen LogP contribution in [0.25, 0.3) is 0 Å². The van der Waals surface area contributed by atoms with E-state index < -0.39 is 0 Å². The molecule has 3 heteroatoms. The largest absolute Gasteiger partial charge is 0.316 e. The molecule has 84 valence electrons. The number of rotatable bonds is 2. The van der Waals surface area contributed by atoms with Gasteiger partial charge in [-0.25, -0.2) is 0 Å². The van der Waals surface area contributed by atoms with Crippen molar-refractivity contribution in [1.82, 2.24) is 4.90 Å². The van der Waals surface area contributed by atoms with E-state index in [1.807, 2.05) is 13.8 Å². The molecule has 1 aliphatic heterocycles. The molecule has 0 radical (unpaired) electrons. The lowest BCUT2D eigenvalue weighted by molar-refractivity contribution is 0.210. The van der Waals surface area contributed by atoms with Crippen LogP contribution >= 0.6 is 0 Å². The van der Waals surface area contributed by atoms with Gasteiger partial charge in [0.1, 0.15) is 0 Å². The zero-order valence-electron chi connectivity index (χ0n) is 9.66. The van der Waals surface area contributed by atoms with Crippen LogP contribution < -0.4 is 5.73 Å². The number of nitrogens with two attached hydrogens (primary N) is 1. The number of nitriles is 1. The van der Waals surface area contributed by atoms with Crippen molar-refractivity contribution in [2.75, 3.05) is 20.1 Å². The van der Waals surface area contributed by atoms with Crippen molar-refractivity contribution in [3.05, 3.63) is 0 Å². The molecule has 1 heterocycles. The van der Waals surface area contributed by atoms with Crippen LogP contribution in [0, 0.1) is 17.2 Å². The van der Waals surface area contributed by atoms with Crippen LogP contribution in [0.3, 0.4) is 0 Å². The molecule has 1 rings (SSSR count). The first-order valence-electron chi connectivity index (χ1n) is 5.56. The average molecular weight is 199 g/mol. The Bertz CT molecular complexity index is 171. The fraction of sp³-hybridized carbons (Fsp3) is 0.909. The summed E-state index contributed by atoms with van der Waals surface area (Å²) in [6, 6.07) is 1.84. The summed E-state index contributed by atoms with van der Waals surface area (Å²) in [5, 5.41) is 8.53. The van der Waals surface area contributed by atoms with Gasteiger partial charge < -0.3 is 10.6 Å². The van der Waals surface area contributed by atoms with E-state index in [2.05, 4.69) is 18.0 Å². The number of nitrogens with zero attached hydrogens (tertiary/aromatic N) is 2. The van der Waals surface area contributed by atoms with Gasteiger partial charge in [-0.3, -0.25) is 0 Å². The first-order valence-corrected chi connectivity index (χ1v) is 5.56. The fourth-order valence-corrected chi connectivity index (χ4v) is 1.71. The van der Waals surface area contributed by atoms with Gasteiger partial charge >= 0.3 is 0 Å². The second-order valence-corrected chi connectivity index (χ2v) is 3.72. The lowest BCUT2D eigenvalue weighted by Gasteiger charge is -2.29. The number of likely N-dealkylation sites (tertiary alicyclic amines) is 1. The quantitative estimate of drug-likeness (QED) is 0.738. The van der Waals surface area contributed by atoms with E-state index in [0.717, 1.165) is 19.5 Å². The Morgan fingerprint density at radius 2 is 2.00 bits per heavy atom. The molecule has 3 nitrogen and oxygen atoms in total. The second kappa shape index (κ2) is 7.78. The molecule has 0 bridgehead atoms. The molecule has 1 aliphatic rings. The second-order valence-electron chi connectivity index (χ2n) is 3.72. The molecule has 1 atom stereocenters. The fourth-order valence-electron chi connectivity index (χ4n) is 1.71. The van der Waals surface area contributed by atoms with E-state index in [0.29, 0.717) is 5.92 Å². The molecular weight excluding hydrogens is 174 g/mol. The molecule has 0 saturated carbocycles. The van der Waals surface area contributed by atoms with E-state index in [1.165, 1.54) is 12.8 Å². The summed E-state index contributed by atoms with van der Waals surface area (Å²) in [5.41, 5.74) is 5.56. The van der Waals surface area contributed by atoms with Crippen LogP contribution in [0.15, 0.2) is 0 Å². The summed E-state index contributed by atoms with van der Waals surface area (Å²) >= 11 is 0. The molecule has 0 aromatic rings. The molecule has 0 aromatic carbocycles. The Labute approximate surface area is 89.4 Å². The number of hydrogen-bond donors (Lipinski definition) is 1. The Hall–Kier alpha value is -0.590. The van der Waals surface area contributed by atoms with Gasteiger partial charge in [-0.05, 0) is 45.3 Å². The highest BCUT2D eigenvalue weighted by molar-refractivity contribution is 4.89. The molecule has 0 amide bonds. The van der Waals surface area contributed by atoms with E-state index >= 15 is 0 Å². The zero-order chi connectivity index (χ0) is 11.0. The van der Waals surface area contributed by atoms with Crippen LogP contribution in [0.4, 0.5) is 0 Å². The van der Waals surface area contributed by atoms with Gasteiger partial charge in [-0.1, -0.05) is 13.8 Å². The molecule has 2 N–H and O–H groups in total. The first kappa shape index (κ1) is 13.4. The standard InChI is InChI=1S/C9H17N3.C2H6.H2/c1-12-4-2-8(3-5-12)6-9(11)7-10;1-2;/h8-9H,2-6,11H2,1H3;1-2H3;1H. The van der Waals surface area contributed by atoms with Gasteiger partial charge in [0, 0.05) is 1.43 Å². The Morgan fingerprint density at radius 3 is 2.43 bits per heavy atom. The first-order chi connectivity index (χ1) is 6.72. The maximum Gasteiger partial charge on any atom is 0.0930 e. The van der Waals surface area contributed by atoms with Crippen molar-refractivity contribution in [2.24, 2.45) is 11.7 Å². The van der Waals surface area contributed by atoms with Gasteiger partial charge in [0.25, 0.3) is 0 Å². The van der Waals surface area contributed by atoms with Crippen molar-refractivity contribution in [3.8, 4) is 6.07 Å². The average Bonchev–Trinajstić information content (AvgIpc) is 2.24. The molecule has 0 aromatic heterocycles. The number of piperidine rings is 1. The van der Waals surface area contributed by atoms with Crippen molar-refractivity contribution < 1.29 is 1.43 Å². The predicted molar refractivity (Wildman–Crippen MR) is 61.9 cm³/mol. The van der Waals surface area contributed by atoms with Gasteiger partial charge in [0.05, 0.1) is 12.1 Å². The smallest absolute Gasteiger partial charge is 0.0930 e. The molecule has 1 fully saturated rings. The molecule has 1 unspecified atom stereocenters. The Kier molecular flexibility index (Phi) is 7.45. The minimum Gasteiger partial charge on any atom is -0.316 e. The normalized spacial score (nSPS) is 20.5. The highest BCUT2D eigenvalue weighted by Crippen LogP contribution is 2.20. The third-order valence-corrected chi connectivity index (χ3v) is 2.59. The summed E-state index contributed by atoms with van der Waals surface area (Å²) in [7, 11) is 2.14. The third kappa shape index (κ3) is 5.21. The van der Waals surface area contributed by atoms with Crippen molar-refractivity contribution in [1.29, 1.82) is 5.26 Å². The Balaban J connectivity index is 0. The molecule has 1 saturated heterocycles. The predicted octanol–water partition coefficient (Wildman–Crippen LogP) is 1.84. The lowest BCUT2D eigenvalue weighted by atomic mass is 9.91. The van der Waals surface area contributed by atoms with Gasteiger partial charge in [0.2, 0.25) is 0 Å². The molecular formula is C11H25N3. The Morgan fingerprint density at radius 1 is 1.50 bits per heavy atom.